The smallest absolute Gasteiger partial charge is 0.251 e. The van der Waals surface area contributed by atoms with Crippen LogP contribution in [0.4, 0.5) is 0 Å². The Kier molecular flexibility index (Phi) is 6.45. The SMILES string of the molecule is CCC(CCBr)CNC(=O)c1ccc(C#N)cc1. The molecule has 0 aliphatic heterocycles. The van der Waals surface area contributed by atoms with Gasteiger partial charge in [0, 0.05) is 17.4 Å². The molecule has 0 spiro atoms. The number of benzene rings is 1. The van der Waals surface area contributed by atoms with Crippen LogP contribution in [0.25, 0.3) is 0 Å². The van der Waals surface area contributed by atoms with Gasteiger partial charge in [0.05, 0.1) is 11.6 Å². The summed E-state index contributed by atoms with van der Waals surface area (Å²) in [6, 6.07) is 8.71. The second-order valence-electron chi connectivity index (χ2n) is 4.15. The summed E-state index contributed by atoms with van der Waals surface area (Å²) in [6.07, 6.45) is 2.11. The van der Waals surface area contributed by atoms with Gasteiger partial charge in [-0.3, -0.25) is 4.79 Å². The molecule has 0 aromatic heterocycles. The number of alkyl halides is 1. The van der Waals surface area contributed by atoms with Gasteiger partial charge >= 0.3 is 0 Å². The van der Waals surface area contributed by atoms with Gasteiger partial charge in [-0.2, -0.15) is 5.26 Å². The number of nitriles is 1. The zero-order chi connectivity index (χ0) is 13.4. The van der Waals surface area contributed by atoms with E-state index in [0.29, 0.717) is 23.6 Å². The van der Waals surface area contributed by atoms with E-state index < -0.39 is 0 Å². The highest BCUT2D eigenvalue weighted by Gasteiger charge is 2.09. The van der Waals surface area contributed by atoms with E-state index in [-0.39, 0.29) is 5.91 Å². The second kappa shape index (κ2) is 7.88. The Hall–Kier alpha value is -1.34. The van der Waals surface area contributed by atoms with E-state index in [9.17, 15) is 4.79 Å². The van der Waals surface area contributed by atoms with Crippen LogP contribution in [0.1, 0.15) is 35.7 Å². The summed E-state index contributed by atoms with van der Waals surface area (Å²) in [5, 5.41) is 12.6. The van der Waals surface area contributed by atoms with Crippen LogP contribution < -0.4 is 5.32 Å². The summed E-state index contributed by atoms with van der Waals surface area (Å²) in [7, 11) is 0. The Labute approximate surface area is 116 Å². The minimum absolute atomic E-state index is 0.0764. The van der Waals surface area contributed by atoms with E-state index >= 15 is 0 Å². The molecule has 0 aliphatic carbocycles. The minimum atomic E-state index is -0.0764. The maximum Gasteiger partial charge on any atom is 0.251 e. The molecule has 0 fully saturated rings. The molecule has 1 atom stereocenters. The monoisotopic (exact) mass is 308 g/mol. The molecule has 0 saturated heterocycles. The van der Waals surface area contributed by atoms with Crippen molar-refractivity contribution in [2.24, 2.45) is 5.92 Å². The first-order valence-electron chi connectivity index (χ1n) is 6.05. The molecule has 1 N–H and O–H groups in total. The molecule has 3 nitrogen and oxygen atoms in total. The van der Waals surface area contributed by atoms with Gasteiger partial charge < -0.3 is 5.32 Å². The van der Waals surface area contributed by atoms with Crippen LogP contribution in [0, 0.1) is 17.2 Å². The van der Waals surface area contributed by atoms with Gasteiger partial charge in [-0.1, -0.05) is 29.3 Å². The van der Waals surface area contributed by atoms with Crippen molar-refractivity contribution in [1.29, 1.82) is 5.26 Å². The van der Waals surface area contributed by atoms with Crippen LogP contribution in [0.3, 0.4) is 0 Å². The molecule has 96 valence electrons. The van der Waals surface area contributed by atoms with Crippen LogP contribution in [0.5, 0.6) is 0 Å². The lowest BCUT2D eigenvalue weighted by atomic mass is 10.0. The molecule has 1 unspecified atom stereocenters. The third-order valence-electron chi connectivity index (χ3n) is 2.92. The summed E-state index contributed by atoms with van der Waals surface area (Å²) in [4.78, 5) is 11.9. The van der Waals surface area contributed by atoms with Gasteiger partial charge in [0.15, 0.2) is 0 Å². The average molecular weight is 309 g/mol. The summed E-state index contributed by atoms with van der Waals surface area (Å²) in [5.41, 5.74) is 1.17. The summed E-state index contributed by atoms with van der Waals surface area (Å²) >= 11 is 3.42. The Bertz CT molecular complexity index is 422. The first-order chi connectivity index (χ1) is 8.71. The van der Waals surface area contributed by atoms with Crippen molar-refractivity contribution in [1.82, 2.24) is 5.32 Å². The number of rotatable bonds is 6. The van der Waals surface area contributed by atoms with E-state index in [1.807, 2.05) is 6.07 Å². The van der Waals surface area contributed by atoms with Crippen molar-refractivity contribution < 1.29 is 4.79 Å². The van der Waals surface area contributed by atoms with Gasteiger partial charge in [0.2, 0.25) is 0 Å². The molecule has 0 heterocycles. The Balaban J connectivity index is 2.52. The van der Waals surface area contributed by atoms with Gasteiger partial charge in [0.25, 0.3) is 5.91 Å². The highest BCUT2D eigenvalue weighted by molar-refractivity contribution is 9.09. The van der Waals surface area contributed by atoms with Crippen LogP contribution in [0.2, 0.25) is 0 Å². The zero-order valence-corrected chi connectivity index (χ0v) is 12.0. The van der Waals surface area contributed by atoms with Crippen LogP contribution >= 0.6 is 15.9 Å². The quantitative estimate of drug-likeness (QED) is 0.821. The lowest BCUT2D eigenvalue weighted by Crippen LogP contribution is -2.29. The largest absolute Gasteiger partial charge is 0.352 e. The third-order valence-corrected chi connectivity index (χ3v) is 3.38. The molecule has 4 heteroatoms. The van der Waals surface area contributed by atoms with Crippen LogP contribution in [0.15, 0.2) is 24.3 Å². The van der Waals surface area contributed by atoms with E-state index in [4.69, 9.17) is 5.26 Å². The fraction of sp³-hybridized carbons (Fsp3) is 0.429. The third kappa shape index (κ3) is 4.50. The summed E-state index contributed by atoms with van der Waals surface area (Å²) in [6.45, 7) is 2.82. The number of nitrogens with one attached hydrogen (secondary N) is 1. The fourth-order valence-corrected chi connectivity index (χ4v) is 2.29. The van der Waals surface area contributed by atoms with E-state index in [2.05, 4.69) is 28.2 Å². The van der Waals surface area contributed by atoms with Gasteiger partial charge in [-0.05, 0) is 36.6 Å². The number of halogens is 1. The molecule has 1 amide bonds. The van der Waals surface area contributed by atoms with Gasteiger partial charge in [-0.25, -0.2) is 0 Å². The summed E-state index contributed by atoms with van der Waals surface area (Å²) < 4.78 is 0. The highest BCUT2D eigenvalue weighted by Crippen LogP contribution is 2.09. The van der Waals surface area contributed by atoms with Crippen molar-refractivity contribution in [3.05, 3.63) is 35.4 Å². The number of carbonyl (C=O) groups is 1. The Morgan fingerprint density at radius 2 is 2.11 bits per heavy atom. The summed E-state index contributed by atoms with van der Waals surface area (Å²) in [5.74, 6) is 0.430. The molecule has 1 aromatic carbocycles. The number of nitrogens with zero attached hydrogens (tertiary/aromatic N) is 1. The van der Waals surface area contributed by atoms with Crippen molar-refractivity contribution >= 4 is 21.8 Å². The van der Waals surface area contributed by atoms with Crippen molar-refractivity contribution in [3.63, 3.8) is 0 Å². The average Bonchev–Trinajstić information content (AvgIpc) is 2.43. The fourth-order valence-electron chi connectivity index (χ4n) is 1.64. The minimum Gasteiger partial charge on any atom is -0.352 e. The topological polar surface area (TPSA) is 52.9 Å². The highest BCUT2D eigenvalue weighted by atomic mass is 79.9. The number of hydrogen-bond acceptors (Lipinski definition) is 2. The molecular formula is C14H17BrN2O. The Morgan fingerprint density at radius 1 is 1.44 bits per heavy atom. The van der Waals surface area contributed by atoms with Crippen molar-refractivity contribution in [2.75, 3.05) is 11.9 Å². The maximum absolute atomic E-state index is 11.9. The molecule has 1 rings (SSSR count). The van der Waals surface area contributed by atoms with E-state index in [1.165, 1.54) is 0 Å². The van der Waals surface area contributed by atoms with Crippen molar-refractivity contribution in [2.45, 2.75) is 19.8 Å². The number of amides is 1. The molecule has 1 aromatic rings. The van der Waals surface area contributed by atoms with E-state index in [0.717, 1.165) is 18.2 Å². The lowest BCUT2D eigenvalue weighted by Gasteiger charge is -2.14. The van der Waals surface area contributed by atoms with E-state index in [1.54, 1.807) is 24.3 Å². The first kappa shape index (κ1) is 14.7. The van der Waals surface area contributed by atoms with Crippen molar-refractivity contribution in [3.8, 4) is 6.07 Å². The predicted octanol–water partition coefficient (Wildman–Crippen LogP) is 3.10. The predicted molar refractivity (Wildman–Crippen MR) is 75.7 cm³/mol. The molecule has 0 radical (unpaired) electrons. The Morgan fingerprint density at radius 3 is 2.61 bits per heavy atom. The first-order valence-corrected chi connectivity index (χ1v) is 7.17. The number of carbonyl (C=O) groups excluding carboxylic acids is 1. The number of hydrogen-bond donors (Lipinski definition) is 1. The maximum atomic E-state index is 11.9. The van der Waals surface area contributed by atoms with Gasteiger partial charge in [0.1, 0.15) is 0 Å². The zero-order valence-electron chi connectivity index (χ0n) is 10.4. The normalized spacial score (nSPS) is 11.6. The second-order valence-corrected chi connectivity index (χ2v) is 4.94. The molecular weight excluding hydrogens is 292 g/mol. The lowest BCUT2D eigenvalue weighted by molar-refractivity contribution is 0.0946. The molecule has 18 heavy (non-hydrogen) atoms. The van der Waals surface area contributed by atoms with Crippen LogP contribution in [-0.4, -0.2) is 17.8 Å². The standard InChI is InChI=1S/C14H17BrN2O/c1-2-11(7-8-15)10-17-14(18)13-5-3-12(9-16)4-6-13/h3-6,11H,2,7-8,10H2,1H3,(H,17,18). The molecule has 0 bridgehead atoms. The van der Waals surface area contributed by atoms with Crippen LogP contribution in [-0.2, 0) is 0 Å². The molecule has 0 saturated carbocycles. The molecule has 0 aliphatic rings. The van der Waals surface area contributed by atoms with Gasteiger partial charge in [-0.15, -0.1) is 0 Å².